The molecule has 6 heteroatoms. The fourth-order valence-corrected chi connectivity index (χ4v) is 3.86. The van der Waals surface area contributed by atoms with Gasteiger partial charge in [0, 0.05) is 11.3 Å². The van der Waals surface area contributed by atoms with E-state index in [2.05, 4.69) is 78.5 Å². The van der Waals surface area contributed by atoms with Crippen molar-refractivity contribution in [1.82, 2.24) is 15.2 Å². The van der Waals surface area contributed by atoms with Gasteiger partial charge in [0.2, 0.25) is 11.0 Å². The molecule has 0 amide bonds. The van der Waals surface area contributed by atoms with Crippen LogP contribution in [0.1, 0.15) is 44.7 Å². The summed E-state index contributed by atoms with van der Waals surface area (Å²) in [4.78, 5) is 4.63. The standard InChI is InChI=1S/C24H26N4OS/c1-5-30-24-26-23-21(27-28-24)19-8-6-7-9-20(19)25-22(29-23)16(4)14-17-10-12-18(13-11-17)15(2)3/h6-15,22,25H,5H2,1-4H3. The fraction of sp³-hybridized carbons (Fsp3) is 0.292. The SMILES string of the molecule is CCSc1nnc2c(n1)OC(C(C)=Cc1ccc(C(C)C)cc1)Nc1ccccc1-2. The van der Waals surface area contributed by atoms with E-state index in [1.54, 1.807) is 11.8 Å². The van der Waals surface area contributed by atoms with Gasteiger partial charge in [0.25, 0.3) is 0 Å². The van der Waals surface area contributed by atoms with Gasteiger partial charge in [-0.05, 0) is 41.4 Å². The lowest BCUT2D eigenvalue weighted by atomic mass is 10.0. The summed E-state index contributed by atoms with van der Waals surface area (Å²) < 4.78 is 6.32. The minimum atomic E-state index is -0.353. The molecule has 0 spiro atoms. The topological polar surface area (TPSA) is 59.9 Å². The summed E-state index contributed by atoms with van der Waals surface area (Å²) in [5, 5.41) is 12.8. The third-order valence-corrected chi connectivity index (χ3v) is 5.74. The molecule has 4 rings (SSSR count). The van der Waals surface area contributed by atoms with Gasteiger partial charge in [-0.15, -0.1) is 10.2 Å². The van der Waals surface area contributed by atoms with Gasteiger partial charge >= 0.3 is 0 Å². The molecule has 2 aromatic carbocycles. The second-order valence-corrected chi connectivity index (χ2v) is 8.81. The van der Waals surface area contributed by atoms with E-state index in [0.29, 0.717) is 22.6 Å². The highest BCUT2D eigenvalue weighted by molar-refractivity contribution is 7.99. The van der Waals surface area contributed by atoms with E-state index in [0.717, 1.165) is 28.1 Å². The maximum atomic E-state index is 6.32. The number of anilines is 1. The Labute approximate surface area is 182 Å². The molecule has 1 N–H and O–H groups in total. The Kier molecular flexibility index (Phi) is 6.04. The van der Waals surface area contributed by atoms with Crippen molar-refractivity contribution in [2.45, 2.75) is 45.0 Å². The molecule has 1 unspecified atom stereocenters. The summed E-state index contributed by atoms with van der Waals surface area (Å²) in [6.45, 7) is 8.54. The maximum absolute atomic E-state index is 6.32. The second kappa shape index (κ2) is 8.88. The molecular weight excluding hydrogens is 392 g/mol. The average molecular weight is 419 g/mol. The van der Waals surface area contributed by atoms with Crippen molar-refractivity contribution < 1.29 is 4.74 Å². The quantitative estimate of drug-likeness (QED) is 0.512. The molecule has 30 heavy (non-hydrogen) atoms. The Hall–Kier alpha value is -2.86. The Bertz CT molecular complexity index is 1060. The number of fused-ring (bicyclic) bond motifs is 3. The number of benzene rings is 2. The van der Waals surface area contributed by atoms with Gasteiger partial charge in [-0.1, -0.05) is 81.1 Å². The molecule has 1 atom stereocenters. The molecular formula is C24H26N4OS. The molecule has 0 fully saturated rings. The number of aromatic nitrogens is 3. The van der Waals surface area contributed by atoms with E-state index in [-0.39, 0.29) is 6.23 Å². The molecule has 0 saturated carbocycles. The third-order valence-electron chi connectivity index (χ3n) is 5.02. The first-order chi connectivity index (χ1) is 14.5. The number of hydrogen-bond donors (Lipinski definition) is 1. The van der Waals surface area contributed by atoms with Crippen LogP contribution >= 0.6 is 11.8 Å². The van der Waals surface area contributed by atoms with Crippen LogP contribution in [0.4, 0.5) is 5.69 Å². The number of nitrogens with zero attached hydrogens (tertiary/aromatic N) is 3. The van der Waals surface area contributed by atoms with Crippen molar-refractivity contribution in [1.29, 1.82) is 0 Å². The van der Waals surface area contributed by atoms with E-state index < -0.39 is 0 Å². The van der Waals surface area contributed by atoms with Gasteiger partial charge in [-0.25, -0.2) is 0 Å². The highest BCUT2D eigenvalue weighted by atomic mass is 32.2. The van der Waals surface area contributed by atoms with Crippen molar-refractivity contribution in [3.8, 4) is 17.1 Å². The number of ether oxygens (including phenoxy) is 1. The van der Waals surface area contributed by atoms with E-state index in [1.807, 2.05) is 24.3 Å². The van der Waals surface area contributed by atoms with Crippen molar-refractivity contribution in [3.63, 3.8) is 0 Å². The van der Waals surface area contributed by atoms with Crippen molar-refractivity contribution in [3.05, 3.63) is 65.2 Å². The van der Waals surface area contributed by atoms with Gasteiger partial charge in [0.05, 0.1) is 0 Å². The van der Waals surface area contributed by atoms with E-state index >= 15 is 0 Å². The van der Waals surface area contributed by atoms with Crippen LogP contribution in [0.3, 0.4) is 0 Å². The predicted molar refractivity (Wildman–Crippen MR) is 124 cm³/mol. The van der Waals surface area contributed by atoms with E-state index in [4.69, 9.17) is 4.74 Å². The second-order valence-electron chi connectivity index (χ2n) is 7.58. The average Bonchev–Trinajstić information content (AvgIpc) is 2.91. The summed E-state index contributed by atoms with van der Waals surface area (Å²) >= 11 is 1.55. The minimum Gasteiger partial charge on any atom is -0.448 e. The van der Waals surface area contributed by atoms with Crippen LogP contribution in [0.2, 0.25) is 0 Å². The summed E-state index contributed by atoms with van der Waals surface area (Å²) in [7, 11) is 0. The van der Waals surface area contributed by atoms with Crippen LogP contribution in [0.5, 0.6) is 5.88 Å². The van der Waals surface area contributed by atoms with Crippen LogP contribution in [0.25, 0.3) is 17.3 Å². The van der Waals surface area contributed by atoms with E-state index in [9.17, 15) is 0 Å². The lowest BCUT2D eigenvalue weighted by Crippen LogP contribution is -2.27. The first kappa shape index (κ1) is 20.4. The molecule has 0 bridgehead atoms. The molecule has 0 saturated heterocycles. The zero-order valence-corrected chi connectivity index (χ0v) is 18.5. The fourth-order valence-electron chi connectivity index (χ4n) is 3.36. The summed E-state index contributed by atoms with van der Waals surface area (Å²) in [6, 6.07) is 16.7. The number of nitrogens with one attached hydrogen (secondary N) is 1. The van der Waals surface area contributed by atoms with Crippen LogP contribution in [0.15, 0.2) is 59.3 Å². The normalized spacial score (nSPS) is 15.6. The van der Waals surface area contributed by atoms with Crippen LogP contribution in [-0.2, 0) is 0 Å². The van der Waals surface area contributed by atoms with Crippen LogP contribution in [-0.4, -0.2) is 27.2 Å². The van der Waals surface area contributed by atoms with Crippen molar-refractivity contribution >= 4 is 23.5 Å². The molecule has 5 nitrogen and oxygen atoms in total. The van der Waals surface area contributed by atoms with Gasteiger partial charge in [0.15, 0.2) is 11.9 Å². The zero-order chi connectivity index (χ0) is 21.1. The van der Waals surface area contributed by atoms with Crippen molar-refractivity contribution in [2.24, 2.45) is 0 Å². The van der Waals surface area contributed by atoms with Gasteiger partial charge in [-0.2, -0.15) is 4.98 Å². The molecule has 0 aliphatic carbocycles. The maximum Gasteiger partial charge on any atom is 0.247 e. The highest BCUT2D eigenvalue weighted by Gasteiger charge is 2.25. The third kappa shape index (κ3) is 4.33. The Morgan fingerprint density at radius 1 is 1.13 bits per heavy atom. The molecule has 2 heterocycles. The number of thioether (sulfide) groups is 1. The van der Waals surface area contributed by atoms with E-state index in [1.165, 1.54) is 5.56 Å². The number of para-hydroxylation sites is 1. The lowest BCUT2D eigenvalue weighted by molar-refractivity contribution is 0.255. The largest absolute Gasteiger partial charge is 0.448 e. The van der Waals surface area contributed by atoms with Crippen LogP contribution in [0, 0.1) is 0 Å². The summed E-state index contributed by atoms with van der Waals surface area (Å²) in [6.07, 6.45) is 1.79. The molecule has 0 radical (unpaired) electrons. The highest BCUT2D eigenvalue weighted by Crippen LogP contribution is 2.37. The number of rotatable bonds is 5. The predicted octanol–water partition coefficient (Wildman–Crippen LogP) is 6.01. The Morgan fingerprint density at radius 3 is 2.63 bits per heavy atom. The summed E-state index contributed by atoms with van der Waals surface area (Å²) in [5.41, 5.74) is 6.09. The molecule has 1 aromatic heterocycles. The molecule has 1 aliphatic heterocycles. The van der Waals surface area contributed by atoms with Crippen LogP contribution < -0.4 is 10.1 Å². The Balaban J connectivity index is 1.70. The summed E-state index contributed by atoms with van der Waals surface area (Å²) in [5.74, 6) is 1.90. The monoisotopic (exact) mass is 418 g/mol. The molecule has 3 aromatic rings. The zero-order valence-electron chi connectivity index (χ0n) is 17.7. The first-order valence-electron chi connectivity index (χ1n) is 10.2. The smallest absolute Gasteiger partial charge is 0.247 e. The van der Waals surface area contributed by atoms with Gasteiger partial charge < -0.3 is 10.1 Å². The minimum absolute atomic E-state index is 0.353. The van der Waals surface area contributed by atoms with Crippen molar-refractivity contribution in [2.75, 3.05) is 11.1 Å². The molecule has 154 valence electrons. The lowest BCUT2D eigenvalue weighted by Gasteiger charge is -2.20. The first-order valence-corrected chi connectivity index (χ1v) is 11.2. The molecule has 1 aliphatic rings. The Morgan fingerprint density at radius 2 is 1.90 bits per heavy atom. The van der Waals surface area contributed by atoms with Gasteiger partial charge in [-0.3, -0.25) is 0 Å². The number of hydrogen-bond acceptors (Lipinski definition) is 6. The van der Waals surface area contributed by atoms with Gasteiger partial charge in [0.1, 0.15) is 0 Å².